The third-order valence-electron chi connectivity index (χ3n) is 6.79. The fraction of sp³-hybridized carbons (Fsp3) is 1.00. The first-order valence-corrected chi connectivity index (χ1v) is 8.92. The van der Waals surface area contributed by atoms with Crippen LogP contribution in [0.2, 0.25) is 0 Å². The second-order valence-electron chi connectivity index (χ2n) is 9.95. The van der Waals surface area contributed by atoms with Gasteiger partial charge in [0.2, 0.25) is 0 Å². The summed E-state index contributed by atoms with van der Waals surface area (Å²) in [6.45, 7) is 11.6. The van der Waals surface area contributed by atoms with Crippen molar-refractivity contribution >= 4 is 0 Å². The van der Waals surface area contributed by atoms with Crippen LogP contribution in [0.15, 0.2) is 0 Å². The van der Waals surface area contributed by atoms with Crippen molar-refractivity contribution in [2.24, 2.45) is 22.7 Å². The van der Waals surface area contributed by atoms with Gasteiger partial charge in [0, 0.05) is 0 Å². The Bertz CT molecular complexity index is 408. The molecule has 0 saturated heterocycles. The molecule has 0 amide bonds. The summed E-state index contributed by atoms with van der Waals surface area (Å²) < 4.78 is 6.53. The molecule has 122 valence electrons. The van der Waals surface area contributed by atoms with Crippen LogP contribution in [0.4, 0.5) is 0 Å². The van der Waals surface area contributed by atoms with Gasteiger partial charge >= 0.3 is 0 Å². The van der Waals surface area contributed by atoms with Crippen LogP contribution in [0.25, 0.3) is 0 Å². The Balaban J connectivity index is 1.87. The minimum absolute atomic E-state index is 0.0453. The van der Waals surface area contributed by atoms with Gasteiger partial charge < -0.3 is 9.84 Å². The maximum absolute atomic E-state index is 10.1. The first-order valence-electron chi connectivity index (χ1n) is 8.92. The molecule has 4 atom stereocenters. The van der Waals surface area contributed by atoms with Crippen LogP contribution < -0.4 is 0 Å². The van der Waals surface area contributed by atoms with E-state index in [0.717, 1.165) is 11.8 Å². The number of fused-ring (bicyclic) bond motifs is 4. The molecule has 21 heavy (non-hydrogen) atoms. The lowest BCUT2D eigenvalue weighted by molar-refractivity contribution is -0.210. The van der Waals surface area contributed by atoms with E-state index in [2.05, 4.69) is 20.8 Å². The third-order valence-corrected chi connectivity index (χ3v) is 6.79. The molecule has 3 saturated carbocycles. The molecule has 0 aromatic carbocycles. The summed E-state index contributed by atoms with van der Waals surface area (Å²) >= 11 is 0. The molecular weight excluding hydrogens is 260 g/mol. The molecule has 4 unspecified atom stereocenters. The molecule has 0 heterocycles. The monoisotopic (exact) mass is 294 g/mol. The van der Waals surface area contributed by atoms with Crippen LogP contribution in [0.1, 0.15) is 79.6 Å². The molecule has 2 bridgehead atoms. The Labute approximate surface area is 130 Å². The summed E-state index contributed by atoms with van der Waals surface area (Å²) in [5.74, 6) is 1.54. The Kier molecular flexibility index (Phi) is 3.54. The predicted octanol–water partition coefficient (Wildman–Crippen LogP) is 4.55. The Morgan fingerprint density at radius 3 is 2.43 bits per heavy atom. The van der Waals surface area contributed by atoms with Crippen LogP contribution in [-0.4, -0.2) is 22.9 Å². The van der Waals surface area contributed by atoms with Crippen LogP contribution in [0.3, 0.4) is 0 Å². The molecule has 2 heteroatoms. The molecule has 3 aliphatic rings. The molecule has 3 fully saturated rings. The van der Waals surface area contributed by atoms with Crippen LogP contribution in [-0.2, 0) is 4.74 Å². The van der Waals surface area contributed by atoms with Gasteiger partial charge in [0.05, 0.1) is 17.8 Å². The van der Waals surface area contributed by atoms with Crippen molar-refractivity contribution in [1.82, 2.24) is 0 Å². The normalized spacial score (nSPS) is 45.4. The van der Waals surface area contributed by atoms with E-state index in [0.29, 0.717) is 17.4 Å². The minimum atomic E-state index is -0.719. The summed E-state index contributed by atoms with van der Waals surface area (Å²) in [4.78, 5) is 0. The predicted molar refractivity (Wildman–Crippen MR) is 86.2 cm³/mol. The quantitative estimate of drug-likeness (QED) is 0.827. The van der Waals surface area contributed by atoms with E-state index in [1.807, 2.05) is 13.8 Å². The summed E-state index contributed by atoms with van der Waals surface area (Å²) in [7, 11) is 0. The minimum Gasteiger partial charge on any atom is -0.388 e. The number of ether oxygens (including phenoxy) is 1. The lowest BCUT2D eigenvalue weighted by Crippen LogP contribution is -2.58. The molecule has 3 aliphatic carbocycles. The van der Waals surface area contributed by atoms with Crippen molar-refractivity contribution in [3.63, 3.8) is 0 Å². The van der Waals surface area contributed by atoms with Gasteiger partial charge in [-0.25, -0.2) is 0 Å². The Hall–Kier alpha value is -0.0800. The van der Waals surface area contributed by atoms with Crippen LogP contribution in [0, 0.1) is 22.7 Å². The zero-order chi connectivity index (χ0) is 15.5. The van der Waals surface area contributed by atoms with Gasteiger partial charge in [-0.05, 0) is 75.0 Å². The zero-order valence-electron chi connectivity index (χ0n) is 14.7. The highest BCUT2D eigenvalue weighted by Crippen LogP contribution is 2.65. The largest absolute Gasteiger partial charge is 0.388 e. The van der Waals surface area contributed by atoms with Gasteiger partial charge in [0.15, 0.2) is 0 Å². The number of rotatable bonds is 3. The van der Waals surface area contributed by atoms with Crippen molar-refractivity contribution < 1.29 is 9.84 Å². The van der Waals surface area contributed by atoms with Crippen molar-refractivity contribution in [3.05, 3.63) is 0 Å². The van der Waals surface area contributed by atoms with Gasteiger partial charge in [-0.1, -0.05) is 27.2 Å². The summed E-state index contributed by atoms with van der Waals surface area (Å²) in [5.41, 5.74) is 0.280. The van der Waals surface area contributed by atoms with E-state index < -0.39 is 5.60 Å². The maximum atomic E-state index is 10.1. The topological polar surface area (TPSA) is 29.5 Å². The molecule has 0 spiro atoms. The van der Waals surface area contributed by atoms with Gasteiger partial charge in [0.25, 0.3) is 0 Å². The molecule has 1 N–H and O–H groups in total. The van der Waals surface area contributed by atoms with Crippen LogP contribution in [0.5, 0.6) is 0 Å². The van der Waals surface area contributed by atoms with Crippen LogP contribution >= 0.6 is 0 Å². The molecule has 3 rings (SSSR count). The summed E-state index contributed by atoms with van der Waals surface area (Å²) in [5, 5.41) is 10.1. The van der Waals surface area contributed by atoms with E-state index in [-0.39, 0.29) is 5.60 Å². The molecule has 0 aliphatic heterocycles. The second-order valence-corrected chi connectivity index (χ2v) is 9.95. The first-order chi connectivity index (χ1) is 9.56. The summed E-state index contributed by atoms with van der Waals surface area (Å²) in [6.07, 6.45) is 9.13. The fourth-order valence-corrected chi connectivity index (χ4v) is 5.69. The van der Waals surface area contributed by atoms with Crippen molar-refractivity contribution in [2.75, 3.05) is 6.61 Å². The molecule has 0 aromatic heterocycles. The van der Waals surface area contributed by atoms with E-state index in [1.165, 1.54) is 44.9 Å². The first kappa shape index (κ1) is 15.8. The molecular formula is C19H34O2. The highest BCUT2D eigenvalue weighted by Gasteiger charge is 2.61. The standard InChI is InChI=1S/C19H34O2/c1-16(2)11-15-14(16)7-10-18(5)8-6-9-19(15,12-18)21-13-17(3,4)20/h14-15,20H,6-13H2,1-5H3. The number of aliphatic hydroxyl groups is 1. The van der Waals surface area contributed by atoms with Gasteiger partial charge in [0.1, 0.15) is 0 Å². The lowest BCUT2D eigenvalue weighted by Gasteiger charge is -2.59. The van der Waals surface area contributed by atoms with Crippen molar-refractivity contribution in [3.8, 4) is 0 Å². The summed E-state index contributed by atoms with van der Waals surface area (Å²) in [6, 6.07) is 0. The average Bonchev–Trinajstić information content (AvgIpc) is 2.39. The molecule has 0 radical (unpaired) electrons. The Morgan fingerprint density at radius 1 is 1.10 bits per heavy atom. The highest BCUT2D eigenvalue weighted by atomic mass is 16.5. The van der Waals surface area contributed by atoms with Gasteiger partial charge in [-0.3, -0.25) is 0 Å². The fourth-order valence-electron chi connectivity index (χ4n) is 5.69. The highest BCUT2D eigenvalue weighted by molar-refractivity contribution is 5.11. The second kappa shape index (κ2) is 4.71. The average molecular weight is 294 g/mol. The maximum Gasteiger partial charge on any atom is 0.0824 e. The van der Waals surface area contributed by atoms with E-state index in [1.54, 1.807) is 0 Å². The Morgan fingerprint density at radius 2 is 1.81 bits per heavy atom. The smallest absolute Gasteiger partial charge is 0.0824 e. The van der Waals surface area contributed by atoms with E-state index >= 15 is 0 Å². The van der Waals surface area contributed by atoms with Crippen molar-refractivity contribution in [1.29, 1.82) is 0 Å². The lowest BCUT2D eigenvalue weighted by atomic mass is 9.49. The van der Waals surface area contributed by atoms with E-state index in [9.17, 15) is 5.11 Å². The SMILES string of the molecule is CC(C)(O)COC12CCCC(C)(CCC3C1CC3(C)C)C2. The number of hydrogen-bond donors (Lipinski definition) is 1. The van der Waals surface area contributed by atoms with Crippen molar-refractivity contribution in [2.45, 2.75) is 90.8 Å². The van der Waals surface area contributed by atoms with E-state index in [4.69, 9.17) is 4.74 Å². The van der Waals surface area contributed by atoms with Gasteiger partial charge in [-0.15, -0.1) is 0 Å². The third kappa shape index (κ3) is 2.79. The molecule has 2 nitrogen and oxygen atoms in total. The molecule has 0 aromatic rings. The number of hydrogen-bond acceptors (Lipinski definition) is 2. The zero-order valence-corrected chi connectivity index (χ0v) is 14.7. The van der Waals surface area contributed by atoms with Gasteiger partial charge in [-0.2, -0.15) is 0 Å².